The first kappa shape index (κ1) is 15.7. The van der Waals surface area contributed by atoms with Gasteiger partial charge in [-0.3, -0.25) is 4.79 Å². The molecule has 24 heavy (non-hydrogen) atoms. The van der Waals surface area contributed by atoms with E-state index in [0.717, 1.165) is 5.56 Å². The molecule has 1 amide bonds. The van der Waals surface area contributed by atoms with Crippen LogP contribution >= 0.6 is 0 Å². The molecule has 124 valence electrons. The van der Waals surface area contributed by atoms with Gasteiger partial charge in [-0.25, -0.2) is 0 Å². The molecule has 0 saturated heterocycles. The average Bonchev–Trinajstić information content (AvgIpc) is 3.08. The number of phenolic OH excluding ortho intramolecular Hbond substituents is 1. The minimum absolute atomic E-state index is 0.0131. The monoisotopic (exact) mass is 327 g/mol. The van der Waals surface area contributed by atoms with E-state index < -0.39 is 5.91 Å². The summed E-state index contributed by atoms with van der Waals surface area (Å²) < 4.78 is 15.9. The van der Waals surface area contributed by atoms with Crippen LogP contribution in [0, 0.1) is 0 Å². The van der Waals surface area contributed by atoms with Crippen LogP contribution in [-0.2, 0) is 6.54 Å². The predicted octanol–water partition coefficient (Wildman–Crippen LogP) is 3.09. The second kappa shape index (κ2) is 6.54. The number of hydrogen-bond acceptors (Lipinski definition) is 5. The summed E-state index contributed by atoms with van der Waals surface area (Å²) in [6.07, 6.45) is 1.45. The smallest absolute Gasteiger partial charge is 0.259 e. The number of furan rings is 1. The van der Waals surface area contributed by atoms with E-state index in [4.69, 9.17) is 13.9 Å². The topological polar surface area (TPSA) is 80.9 Å². The first-order valence-electron chi connectivity index (χ1n) is 7.33. The summed E-state index contributed by atoms with van der Waals surface area (Å²) in [4.78, 5) is 12.6. The Kier molecular flexibility index (Phi) is 4.29. The fraction of sp³-hybridized carbons (Fsp3) is 0.167. The van der Waals surface area contributed by atoms with Gasteiger partial charge in [0.2, 0.25) is 5.75 Å². The number of hydrogen-bond donors (Lipinski definition) is 2. The molecule has 1 heterocycles. The highest BCUT2D eigenvalue weighted by Crippen LogP contribution is 2.45. The summed E-state index contributed by atoms with van der Waals surface area (Å²) in [5, 5.41) is 13.8. The van der Waals surface area contributed by atoms with Gasteiger partial charge in [0.05, 0.1) is 25.9 Å². The van der Waals surface area contributed by atoms with Crippen LogP contribution in [0.4, 0.5) is 0 Å². The van der Waals surface area contributed by atoms with Gasteiger partial charge in [-0.2, -0.15) is 0 Å². The molecule has 0 aliphatic carbocycles. The molecule has 2 N–H and O–H groups in total. The Morgan fingerprint density at radius 1 is 1.12 bits per heavy atom. The summed E-state index contributed by atoms with van der Waals surface area (Å²) in [5.41, 5.74) is 1.28. The van der Waals surface area contributed by atoms with Gasteiger partial charge in [0.15, 0.2) is 11.3 Å². The Bertz CT molecular complexity index is 870. The average molecular weight is 327 g/mol. The fourth-order valence-corrected chi connectivity index (χ4v) is 2.61. The number of fused-ring (bicyclic) bond motifs is 1. The molecule has 0 saturated carbocycles. The Morgan fingerprint density at radius 3 is 2.50 bits per heavy atom. The van der Waals surface area contributed by atoms with E-state index in [1.54, 1.807) is 6.07 Å². The Balaban J connectivity index is 2.01. The summed E-state index contributed by atoms with van der Waals surface area (Å²) in [7, 11) is 2.83. The third-order valence-corrected chi connectivity index (χ3v) is 3.73. The highest BCUT2D eigenvalue weighted by molar-refractivity contribution is 6.08. The van der Waals surface area contributed by atoms with Gasteiger partial charge >= 0.3 is 0 Å². The molecule has 3 rings (SSSR count). The van der Waals surface area contributed by atoms with Gasteiger partial charge in [-0.05, 0) is 11.6 Å². The van der Waals surface area contributed by atoms with Gasteiger partial charge in [-0.1, -0.05) is 30.3 Å². The van der Waals surface area contributed by atoms with Crippen molar-refractivity contribution < 1.29 is 23.8 Å². The molecular weight excluding hydrogens is 310 g/mol. The Labute approximate surface area is 138 Å². The number of aromatic hydroxyl groups is 1. The maximum Gasteiger partial charge on any atom is 0.259 e. The third kappa shape index (κ3) is 2.62. The van der Waals surface area contributed by atoms with Gasteiger partial charge < -0.3 is 24.3 Å². The van der Waals surface area contributed by atoms with Crippen LogP contribution in [0.15, 0.2) is 47.1 Å². The van der Waals surface area contributed by atoms with Crippen LogP contribution < -0.4 is 14.8 Å². The van der Waals surface area contributed by atoms with Crippen molar-refractivity contribution in [1.29, 1.82) is 0 Å². The maximum atomic E-state index is 12.6. The Morgan fingerprint density at radius 2 is 1.83 bits per heavy atom. The molecule has 0 aliphatic rings. The van der Waals surface area contributed by atoms with Crippen molar-refractivity contribution in [3.8, 4) is 17.2 Å². The molecule has 6 heteroatoms. The third-order valence-electron chi connectivity index (χ3n) is 3.73. The maximum absolute atomic E-state index is 12.6. The van der Waals surface area contributed by atoms with E-state index >= 15 is 0 Å². The normalized spacial score (nSPS) is 10.6. The van der Waals surface area contributed by atoms with Crippen LogP contribution in [0.5, 0.6) is 17.2 Å². The zero-order valence-corrected chi connectivity index (χ0v) is 13.3. The predicted molar refractivity (Wildman–Crippen MR) is 88.6 cm³/mol. The molecule has 0 radical (unpaired) electrons. The highest BCUT2D eigenvalue weighted by atomic mass is 16.5. The number of nitrogens with one attached hydrogen (secondary N) is 1. The van der Waals surface area contributed by atoms with E-state index in [0.29, 0.717) is 17.5 Å². The number of phenols is 1. The number of amides is 1. The quantitative estimate of drug-likeness (QED) is 0.752. The van der Waals surface area contributed by atoms with Crippen LogP contribution in [-0.4, -0.2) is 25.2 Å². The number of carbonyl (C=O) groups excluding carboxylic acids is 1. The van der Waals surface area contributed by atoms with Crippen LogP contribution in [0.2, 0.25) is 0 Å². The molecule has 2 aromatic carbocycles. The van der Waals surface area contributed by atoms with Crippen molar-refractivity contribution in [2.75, 3.05) is 14.2 Å². The van der Waals surface area contributed by atoms with Crippen LogP contribution in [0.25, 0.3) is 11.0 Å². The molecule has 3 aromatic rings. The minimum Gasteiger partial charge on any atom is -0.504 e. The summed E-state index contributed by atoms with van der Waals surface area (Å²) in [6.45, 7) is 0.327. The van der Waals surface area contributed by atoms with Crippen molar-refractivity contribution in [2.24, 2.45) is 0 Å². The van der Waals surface area contributed by atoms with Crippen molar-refractivity contribution >= 4 is 16.9 Å². The lowest BCUT2D eigenvalue weighted by Crippen LogP contribution is -2.23. The van der Waals surface area contributed by atoms with E-state index in [2.05, 4.69) is 5.32 Å². The number of carbonyl (C=O) groups is 1. The number of rotatable bonds is 5. The zero-order valence-electron chi connectivity index (χ0n) is 13.3. The second-order valence-electron chi connectivity index (χ2n) is 5.12. The molecule has 0 fully saturated rings. The standard InChI is InChI=1S/C18H17NO5/c1-22-15-12-8-9-24-16(12)17(23-2)14(20)13(15)18(21)19-10-11-6-4-3-5-7-11/h3-9,20H,10H2,1-2H3,(H,19,21). The van der Waals surface area contributed by atoms with Crippen molar-refractivity contribution in [1.82, 2.24) is 5.32 Å². The van der Waals surface area contributed by atoms with Gasteiger partial charge in [0, 0.05) is 6.54 Å². The highest BCUT2D eigenvalue weighted by Gasteiger charge is 2.27. The molecule has 6 nitrogen and oxygen atoms in total. The van der Waals surface area contributed by atoms with Crippen molar-refractivity contribution in [3.05, 3.63) is 53.8 Å². The molecule has 0 bridgehead atoms. The van der Waals surface area contributed by atoms with Gasteiger partial charge in [0.1, 0.15) is 11.3 Å². The summed E-state index contributed by atoms with van der Waals surface area (Å²) in [5.74, 6) is -0.444. The molecule has 0 atom stereocenters. The lowest BCUT2D eigenvalue weighted by Gasteiger charge is -2.14. The van der Waals surface area contributed by atoms with E-state index in [1.165, 1.54) is 20.5 Å². The molecule has 0 aliphatic heterocycles. The van der Waals surface area contributed by atoms with Gasteiger partial charge in [0.25, 0.3) is 5.91 Å². The summed E-state index contributed by atoms with van der Waals surface area (Å²) >= 11 is 0. The second-order valence-corrected chi connectivity index (χ2v) is 5.12. The molecule has 1 aromatic heterocycles. The number of ether oxygens (including phenoxy) is 2. The summed E-state index contributed by atoms with van der Waals surface area (Å²) in [6, 6.07) is 11.1. The lowest BCUT2D eigenvalue weighted by molar-refractivity contribution is 0.0944. The van der Waals surface area contributed by atoms with E-state index in [1.807, 2.05) is 30.3 Å². The van der Waals surface area contributed by atoms with Crippen molar-refractivity contribution in [3.63, 3.8) is 0 Å². The van der Waals surface area contributed by atoms with E-state index in [9.17, 15) is 9.90 Å². The molecule has 0 unspecified atom stereocenters. The first-order chi connectivity index (χ1) is 11.7. The largest absolute Gasteiger partial charge is 0.504 e. The van der Waals surface area contributed by atoms with Crippen LogP contribution in [0.1, 0.15) is 15.9 Å². The van der Waals surface area contributed by atoms with Gasteiger partial charge in [-0.15, -0.1) is 0 Å². The number of benzene rings is 2. The van der Waals surface area contributed by atoms with Crippen LogP contribution in [0.3, 0.4) is 0 Å². The van der Waals surface area contributed by atoms with Crippen molar-refractivity contribution in [2.45, 2.75) is 6.54 Å². The molecule has 0 spiro atoms. The lowest BCUT2D eigenvalue weighted by atomic mass is 10.1. The number of methoxy groups -OCH3 is 2. The van der Waals surface area contributed by atoms with E-state index in [-0.39, 0.29) is 22.8 Å². The minimum atomic E-state index is -0.463. The molecular formula is C18H17NO5. The fourth-order valence-electron chi connectivity index (χ4n) is 2.61. The first-order valence-corrected chi connectivity index (χ1v) is 7.33. The zero-order chi connectivity index (χ0) is 17.1. The SMILES string of the molecule is COc1c(C(=O)NCc2ccccc2)c(O)c(OC)c2occc12. The Hall–Kier alpha value is -3.15.